The third-order valence-electron chi connectivity index (χ3n) is 2.69. The number of aliphatic hydroxyl groups is 1. The molecule has 5 nitrogen and oxygen atoms in total. The first-order chi connectivity index (χ1) is 9.60. The molecule has 0 aliphatic heterocycles. The average Bonchev–Trinajstić information content (AvgIpc) is 2.45. The molecule has 0 bridgehead atoms. The molecule has 20 heavy (non-hydrogen) atoms. The molecule has 0 heterocycles. The van der Waals surface area contributed by atoms with Crippen molar-refractivity contribution in [2.45, 2.75) is 13.2 Å². The maximum atomic E-state index is 13.0. The van der Waals surface area contributed by atoms with Gasteiger partial charge in [-0.1, -0.05) is 18.2 Å². The minimum atomic E-state index is -0.583. The Morgan fingerprint density at radius 1 is 1.20 bits per heavy atom. The number of hydrogen-bond acceptors (Lipinski definition) is 4. The first kappa shape index (κ1) is 14.0. The van der Waals surface area contributed by atoms with Gasteiger partial charge < -0.3 is 9.84 Å². The Hall–Kier alpha value is -2.47. The summed E-state index contributed by atoms with van der Waals surface area (Å²) in [6.45, 7) is -0.262. The van der Waals surface area contributed by atoms with Gasteiger partial charge in [-0.3, -0.25) is 10.1 Å². The van der Waals surface area contributed by atoms with Crippen LogP contribution in [0.15, 0.2) is 42.5 Å². The van der Waals surface area contributed by atoms with E-state index in [-0.39, 0.29) is 24.7 Å². The van der Waals surface area contributed by atoms with Gasteiger partial charge in [0.2, 0.25) is 0 Å². The van der Waals surface area contributed by atoms with Gasteiger partial charge in [0.1, 0.15) is 12.4 Å². The molecule has 2 aromatic carbocycles. The maximum Gasteiger partial charge on any atom is 0.311 e. The van der Waals surface area contributed by atoms with Crippen LogP contribution in [0.25, 0.3) is 0 Å². The van der Waals surface area contributed by atoms with Gasteiger partial charge in [-0.2, -0.15) is 0 Å². The Morgan fingerprint density at radius 2 is 2.00 bits per heavy atom. The van der Waals surface area contributed by atoms with Crippen molar-refractivity contribution in [1.29, 1.82) is 0 Å². The monoisotopic (exact) mass is 277 g/mol. The van der Waals surface area contributed by atoms with Crippen LogP contribution in [0.2, 0.25) is 0 Å². The summed E-state index contributed by atoms with van der Waals surface area (Å²) < 4.78 is 18.4. The molecule has 0 unspecified atom stereocenters. The topological polar surface area (TPSA) is 72.6 Å². The van der Waals surface area contributed by atoms with Gasteiger partial charge in [-0.15, -0.1) is 0 Å². The molecule has 0 aliphatic rings. The van der Waals surface area contributed by atoms with Crippen molar-refractivity contribution in [1.82, 2.24) is 0 Å². The van der Waals surface area contributed by atoms with Gasteiger partial charge in [0, 0.05) is 6.07 Å². The molecule has 6 heteroatoms. The number of halogens is 1. The Morgan fingerprint density at radius 3 is 2.65 bits per heavy atom. The molecule has 0 spiro atoms. The minimum Gasteiger partial charge on any atom is -0.482 e. The molecule has 2 rings (SSSR count). The third kappa shape index (κ3) is 3.30. The second kappa shape index (κ2) is 6.12. The number of benzene rings is 2. The number of nitro benzene ring substituents is 1. The van der Waals surface area contributed by atoms with Gasteiger partial charge in [0.25, 0.3) is 0 Å². The molecular formula is C14H12FNO4. The van der Waals surface area contributed by atoms with Gasteiger partial charge >= 0.3 is 5.69 Å². The Balaban J connectivity index is 2.18. The molecule has 0 saturated heterocycles. The van der Waals surface area contributed by atoms with E-state index in [1.807, 2.05) is 0 Å². The van der Waals surface area contributed by atoms with Crippen LogP contribution in [0.1, 0.15) is 11.1 Å². The first-order valence-electron chi connectivity index (χ1n) is 5.85. The lowest BCUT2D eigenvalue weighted by Gasteiger charge is -2.08. The molecular weight excluding hydrogens is 265 g/mol. The molecule has 104 valence electrons. The van der Waals surface area contributed by atoms with Gasteiger partial charge in [-0.25, -0.2) is 4.39 Å². The van der Waals surface area contributed by atoms with Crippen molar-refractivity contribution >= 4 is 5.69 Å². The number of ether oxygens (including phenoxy) is 1. The van der Waals surface area contributed by atoms with Crippen LogP contribution in [0, 0.1) is 15.9 Å². The highest BCUT2D eigenvalue weighted by molar-refractivity contribution is 5.48. The highest BCUT2D eigenvalue weighted by Crippen LogP contribution is 2.28. The number of rotatable bonds is 5. The summed E-state index contributed by atoms with van der Waals surface area (Å²) in [5, 5.41) is 19.9. The molecule has 1 N–H and O–H groups in total. The van der Waals surface area contributed by atoms with E-state index in [0.717, 1.165) is 0 Å². The Labute approximate surface area is 114 Å². The quantitative estimate of drug-likeness (QED) is 0.673. The Kier molecular flexibility index (Phi) is 4.27. The fourth-order valence-corrected chi connectivity index (χ4v) is 1.71. The molecule has 0 fully saturated rings. The zero-order chi connectivity index (χ0) is 14.5. The number of aliphatic hydroxyl groups excluding tert-OH is 1. The summed E-state index contributed by atoms with van der Waals surface area (Å²) >= 11 is 0. The lowest BCUT2D eigenvalue weighted by molar-refractivity contribution is -0.386. The van der Waals surface area contributed by atoms with E-state index in [4.69, 9.17) is 9.84 Å². The van der Waals surface area contributed by atoms with E-state index >= 15 is 0 Å². The highest BCUT2D eigenvalue weighted by atomic mass is 19.1. The minimum absolute atomic E-state index is 0.0249. The van der Waals surface area contributed by atoms with Crippen molar-refractivity contribution in [3.8, 4) is 5.75 Å². The lowest BCUT2D eigenvalue weighted by Crippen LogP contribution is -2.00. The van der Waals surface area contributed by atoms with Gasteiger partial charge in [-0.05, 0) is 29.3 Å². The largest absolute Gasteiger partial charge is 0.482 e. The number of nitrogens with zero attached hydrogens (tertiary/aromatic N) is 1. The van der Waals surface area contributed by atoms with E-state index in [0.29, 0.717) is 11.1 Å². The van der Waals surface area contributed by atoms with Crippen molar-refractivity contribution < 1.29 is 19.2 Å². The highest BCUT2D eigenvalue weighted by Gasteiger charge is 2.16. The molecule has 0 saturated carbocycles. The number of nitro groups is 1. The molecule has 0 aliphatic carbocycles. The summed E-state index contributed by atoms with van der Waals surface area (Å²) in [4.78, 5) is 10.4. The van der Waals surface area contributed by atoms with Crippen LogP contribution in [0.3, 0.4) is 0 Å². The zero-order valence-electron chi connectivity index (χ0n) is 10.5. The summed E-state index contributed by atoms with van der Waals surface area (Å²) in [5.41, 5.74) is 0.772. The van der Waals surface area contributed by atoms with Crippen molar-refractivity contribution in [2.24, 2.45) is 0 Å². The number of hydrogen-bond donors (Lipinski definition) is 1. The second-order valence-electron chi connectivity index (χ2n) is 4.14. The summed E-state index contributed by atoms with van der Waals surface area (Å²) in [6, 6.07) is 10.0. The lowest BCUT2D eigenvalue weighted by atomic mass is 10.2. The average molecular weight is 277 g/mol. The van der Waals surface area contributed by atoms with Crippen LogP contribution in [0.5, 0.6) is 5.75 Å². The smallest absolute Gasteiger partial charge is 0.311 e. The summed E-state index contributed by atoms with van der Waals surface area (Å²) in [7, 11) is 0. The zero-order valence-corrected chi connectivity index (χ0v) is 10.5. The molecule has 0 atom stereocenters. The fourth-order valence-electron chi connectivity index (χ4n) is 1.71. The van der Waals surface area contributed by atoms with E-state index in [1.54, 1.807) is 6.07 Å². The van der Waals surface area contributed by atoms with Crippen LogP contribution in [-0.2, 0) is 13.2 Å². The van der Waals surface area contributed by atoms with Crippen molar-refractivity contribution in [2.75, 3.05) is 0 Å². The second-order valence-corrected chi connectivity index (χ2v) is 4.14. The standard InChI is InChI=1S/C14H12FNO4/c15-12-3-1-2-11(6-12)9-20-14-5-4-10(8-17)7-13(14)16(18)19/h1-7,17H,8-9H2. The molecule has 0 radical (unpaired) electrons. The van der Waals surface area contributed by atoms with Crippen LogP contribution < -0.4 is 4.74 Å². The Bertz CT molecular complexity index is 630. The van der Waals surface area contributed by atoms with Gasteiger partial charge in [0.05, 0.1) is 11.5 Å². The molecule has 0 amide bonds. The van der Waals surface area contributed by atoms with Crippen LogP contribution in [-0.4, -0.2) is 10.0 Å². The van der Waals surface area contributed by atoms with E-state index in [1.165, 1.54) is 36.4 Å². The molecule has 0 aromatic heterocycles. The SMILES string of the molecule is O=[N+]([O-])c1cc(CO)ccc1OCc1cccc(F)c1. The van der Waals surface area contributed by atoms with E-state index in [9.17, 15) is 14.5 Å². The summed E-state index contributed by atoms with van der Waals surface area (Å²) in [6.07, 6.45) is 0. The predicted molar refractivity (Wildman–Crippen MR) is 69.8 cm³/mol. The first-order valence-corrected chi connectivity index (χ1v) is 5.85. The third-order valence-corrected chi connectivity index (χ3v) is 2.69. The van der Waals surface area contributed by atoms with Crippen LogP contribution >= 0.6 is 0 Å². The normalized spacial score (nSPS) is 10.3. The molecule has 2 aromatic rings. The van der Waals surface area contributed by atoms with E-state index in [2.05, 4.69) is 0 Å². The van der Waals surface area contributed by atoms with Gasteiger partial charge in [0.15, 0.2) is 5.75 Å². The van der Waals surface area contributed by atoms with E-state index < -0.39 is 10.7 Å². The maximum absolute atomic E-state index is 13.0. The van der Waals surface area contributed by atoms with Crippen LogP contribution in [0.4, 0.5) is 10.1 Å². The predicted octanol–water partition coefficient (Wildman–Crippen LogP) is 2.81. The fraction of sp³-hybridized carbons (Fsp3) is 0.143. The van der Waals surface area contributed by atoms with Crippen molar-refractivity contribution in [3.05, 3.63) is 69.5 Å². The summed E-state index contributed by atoms with van der Waals surface area (Å²) in [5.74, 6) is -0.312. The van der Waals surface area contributed by atoms with Crippen molar-refractivity contribution in [3.63, 3.8) is 0 Å².